The molecule has 8 heteroatoms. The first-order valence-corrected chi connectivity index (χ1v) is 11.8. The van der Waals surface area contributed by atoms with Crippen LogP contribution in [0.2, 0.25) is 0 Å². The summed E-state index contributed by atoms with van der Waals surface area (Å²) in [4.78, 5) is 24.5. The number of hydrogen-bond donors (Lipinski definition) is 1. The monoisotopic (exact) mass is 461 g/mol. The fourth-order valence-corrected chi connectivity index (χ4v) is 6.66. The molecule has 5 rings (SSSR count). The minimum Gasteiger partial charge on any atom is -0.381 e. The average molecular weight is 462 g/mol. The normalized spacial score (nSPS) is 30.5. The van der Waals surface area contributed by atoms with Crippen molar-refractivity contribution in [2.75, 3.05) is 7.11 Å². The first-order chi connectivity index (χ1) is 16.0. The van der Waals surface area contributed by atoms with Crippen LogP contribution in [0.4, 0.5) is 0 Å². The number of thiocarbonyl (C=S) groups is 1. The van der Waals surface area contributed by atoms with Crippen LogP contribution in [0.5, 0.6) is 0 Å². The van der Waals surface area contributed by atoms with Crippen LogP contribution in [0, 0.1) is 22.7 Å². The molecule has 33 heavy (non-hydrogen) atoms. The Morgan fingerprint density at radius 3 is 2.85 bits per heavy atom. The molecule has 4 atom stereocenters. The zero-order valence-electron chi connectivity index (χ0n) is 18.9. The van der Waals surface area contributed by atoms with Crippen LogP contribution in [-0.4, -0.2) is 39.1 Å². The lowest BCUT2D eigenvalue weighted by Crippen LogP contribution is -2.58. The Kier molecular flexibility index (Phi) is 5.42. The summed E-state index contributed by atoms with van der Waals surface area (Å²) >= 11 is 5.72. The van der Waals surface area contributed by atoms with E-state index in [-0.39, 0.29) is 24.0 Å². The van der Waals surface area contributed by atoms with Crippen LogP contribution in [0.1, 0.15) is 55.1 Å². The molecule has 1 aromatic heterocycles. The predicted octanol–water partition coefficient (Wildman–Crippen LogP) is 3.23. The Morgan fingerprint density at radius 1 is 1.36 bits per heavy atom. The number of nitrogens with zero attached hydrogens (tertiary/aromatic N) is 4. The van der Waals surface area contributed by atoms with Gasteiger partial charge < -0.3 is 10.1 Å². The number of nitrogens with one attached hydrogen (secondary N) is 1. The summed E-state index contributed by atoms with van der Waals surface area (Å²) in [7, 11) is 1.78. The fraction of sp³-hybridized carbons (Fsp3) is 0.480. The lowest BCUT2D eigenvalue weighted by atomic mass is 9.58. The number of amides is 1. The van der Waals surface area contributed by atoms with E-state index < -0.39 is 5.54 Å². The molecule has 1 saturated heterocycles. The molecule has 1 aromatic carbocycles. The largest absolute Gasteiger partial charge is 0.381 e. The number of carbonyl (C=O) groups is 1. The maximum atomic E-state index is 14.3. The second-order valence-corrected chi connectivity index (χ2v) is 9.75. The lowest BCUT2D eigenvalue weighted by molar-refractivity contribution is -0.140. The average Bonchev–Trinajstić information content (AvgIpc) is 3.25. The molecule has 2 spiro atoms. The van der Waals surface area contributed by atoms with Gasteiger partial charge in [0.1, 0.15) is 5.82 Å². The minimum absolute atomic E-state index is 0.0699. The third-order valence-electron chi connectivity index (χ3n) is 7.90. The third kappa shape index (κ3) is 3.17. The highest BCUT2D eigenvalue weighted by Crippen LogP contribution is 2.61. The van der Waals surface area contributed by atoms with Crippen LogP contribution in [0.3, 0.4) is 0 Å². The van der Waals surface area contributed by atoms with E-state index in [2.05, 4.69) is 28.3 Å². The van der Waals surface area contributed by atoms with Crippen molar-refractivity contribution in [3.05, 3.63) is 59.2 Å². The van der Waals surface area contributed by atoms with E-state index in [0.29, 0.717) is 22.4 Å². The summed E-state index contributed by atoms with van der Waals surface area (Å²) in [5.74, 6) is 0.819. The Hall–Kier alpha value is -2.89. The van der Waals surface area contributed by atoms with E-state index in [0.717, 1.165) is 43.2 Å². The van der Waals surface area contributed by atoms with Crippen LogP contribution >= 0.6 is 12.2 Å². The Balaban J connectivity index is 1.63. The SMILES string of the molecule is CCC1CC2(CCC1OC)Cc1ccc(C#N)cc1C21NC(=S)N(Cc2ncccn2)C1=O. The number of rotatable bonds is 4. The van der Waals surface area contributed by atoms with E-state index in [9.17, 15) is 10.1 Å². The summed E-state index contributed by atoms with van der Waals surface area (Å²) in [6.07, 6.45) is 7.86. The lowest BCUT2D eigenvalue weighted by Gasteiger charge is -2.49. The van der Waals surface area contributed by atoms with Gasteiger partial charge >= 0.3 is 0 Å². The van der Waals surface area contributed by atoms with Gasteiger partial charge in [0.2, 0.25) is 0 Å². The van der Waals surface area contributed by atoms with Crippen molar-refractivity contribution in [1.29, 1.82) is 5.26 Å². The second kappa shape index (κ2) is 8.15. The molecule has 2 aliphatic carbocycles. The minimum atomic E-state index is -0.993. The van der Waals surface area contributed by atoms with Crippen LogP contribution in [0.25, 0.3) is 0 Å². The van der Waals surface area contributed by atoms with Gasteiger partial charge in [0.05, 0.1) is 24.3 Å². The van der Waals surface area contributed by atoms with Gasteiger partial charge in [-0.25, -0.2) is 9.97 Å². The van der Waals surface area contributed by atoms with Crippen LogP contribution in [0.15, 0.2) is 36.7 Å². The fourth-order valence-electron chi connectivity index (χ4n) is 6.36. The van der Waals surface area contributed by atoms with Crippen molar-refractivity contribution in [1.82, 2.24) is 20.2 Å². The zero-order chi connectivity index (χ0) is 23.2. The topological polar surface area (TPSA) is 91.1 Å². The first-order valence-electron chi connectivity index (χ1n) is 11.4. The molecule has 0 bridgehead atoms. The summed E-state index contributed by atoms with van der Waals surface area (Å²) in [6, 6.07) is 9.72. The number of nitriles is 1. The van der Waals surface area contributed by atoms with Crippen molar-refractivity contribution in [3.63, 3.8) is 0 Å². The Labute approximate surface area is 199 Å². The standard InChI is InChI=1S/C25H27N5O2S/c1-3-17-12-24(8-7-20(17)32-2)13-18-6-5-16(14-26)11-19(18)25(24)22(31)30(23(33)29-25)15-21-27-9-4-10-28-21/h4-6,9-11,17,20H,3,7-8,12-13,15H2,1-2H3,(H,29,33). The van der Waals surface area contributed by atoms with Gasteiger partial charge in [-0.05, 0) is 73.1 Å². The van der Waals surface area contributed by atoms with Gasteiger partial charge in [-0.3, -0.25) is 9.69 Å². The van der Waals surface area contributed by atoms with E-state index in [1.54, 1.807) is 30.5 Å². The molecule has 2 heterocycles. The first kappa shape index (κ1) is 21.9. The molecule has 170 valence electrons. The number of benzene rings is 1. The Morgan fingerprint density at radius 2 is 2.15 bits per heavy atom. The highest BCUT2D eigenvalue weighted by atomic mass is 32.1. The maximum Gasteiger partial charge on any atom is 0.260 e. The van der Waals surface area contributed by atoms with Gasteiger partial charge in [0.15, 0.2) is 10.7 Å². The van der Waals surface area contributed by atoms with Crippen LogP contribution < -0.4 is 5.32 Å². The summed E-state index contributed by atoms with van der Waals surface area (Å²) < 4.78 is 5.81. The van der Waals surface area contributed by atoms with E-state index >= 15 is 0 Å². The predicted molar refractivity (Wildman–Crippen MR) is 126 cm³/mol. The zero-order valence-corrected chi connectivity index (χ0v) is 19.7. The highest BCUT2D eigenvalue weighted by molar-refractivity contribution is 7.80. The third-order valence-corrected chi connectivity index (χ3v) is 8.23. The number of fused-ring (bicyclic) bond motifs is 3. The molecule has 1 amide bonds. The Bertz CT molecular complexity index is 1150. The molecule has 1 saturated carbocycles. The maximum absolute atomic E-state index is 14.3. The second-order valence-electron chi connectivity index (χ2n) is 9.36. The molecular weight excluding hydrogens is 434 g/mol. The smallest absolute Gasteiger partial charge is 0.260 e. The molecule has 1 aliphatic heterocycles. The van der Waals surface area contributed by atoms with Crippen molar-refractivity contribution < 1.29 is 9.53 Å². The van der Waals surface area contributed by atoms with Crippen molar-refractivity contribution >= 4 is 23.2 Å². The number of ether oxygens (including phenoxy) is 1. The quantitative estimate of drug-likeness (QED) is 0.699. The number of carbonyl (C=O) groups excluding carboxylic acids is 1. The van der Waals surface area contributed by atoms with E-state index in [4.69, 9.17) is 17.0 Å². The van der Waals surface area contributed by atoms with Gasteiger partial charge in [-0.2, -0.15) is 5.26 Å². The van der Waals surface area contributed by atoms with E-state index in [1.165, 1.54) is 0 Å². The molecule has 2 aromatic rings. The number of hydrogen-bond acceptors (Lipinski definition) is 6. The molecule has 7 nitrogen and oxygen atoms in total. The summed E-state index contributed by atoms with van der Waals surface area (Å²) in [5.41, 5.74) is 1.21. The van der Waals surface area contributed by atoms with Crippen molar-refractivity contribution in [2.24, 2.45) is 11.3 Å². The van der Waals surface area contributed by atoms with Crippen molar-refractivity contribution in [2.45, 2.75) is 57.2 Å². The van der Waals surface area contributed by atoms with Crippen molar-refractivity contribution in [3.8, 4) is 6.07 Å². The van der Waals surface area contributed by atoms with Gasteiger partial charge in [-0.15, -0.1) is 0 Å². The molecule has 3 aliphatic rings. The van der Waals surface area contributed by atoms with Crippen LogP contribution in [-0.2, 0) is 28.0 Å². The number of methoxy groups -OCH3 is 1. The van der Waals surface area contributed by atoms with Gasteiger partial charge in [0, 0.05) is 24.9 Å². The molecule has 1 N–H and O–H groups in total. The van der Waals surface area contributed by atoms with Gasteiger partial charge in [-0.1, -0.05) is 19.4 Å². The molecule has 0 radical (unpaired) electrons. The molecular formula is C25H27N5O2S. The highest BCUT2D eigenvalue weighted by Gasteiger charge is 2.68. The summed E-state index contributed by atoms with van der Waals surface area (Å²) in [5, 5.41) is 13.5. The molecule has 2 fully saturated rings. The number of aromatic nitrogens is 2. The van der Waals surface area contributed by atoms with Gasteiger partial charge in [0.25, 0.3) is 5.91 Å². The van der Waals surface area contributed by atoms with E-state index in [1.807, 2.05) is 18.2 Å². The summed E-state index contributed by atoms with van der Waals surface area (Å²) in [6.45, 7) is 2.40. The molecule has 4 unspecified atom stereocenters.